The van der Waals surface area contributed by atoms with Crippen molar-refractivity contribution in [2.45, 2.75) is 76.8 Å². The molecule has 8 rings (SSSR count). The number of aromatic nitrogens is 2. The van der Waals surface area contributed by atoms with Crippen LogP contribution in [-0.2, 0) is 0 Å². The summed E-state index contributed by atoms with van der Waals surface area (Å²) < 4.78 is 8.81. The van der Waals surface area contributed by atoms with Crippen LogP contribution in [0.2, 0.25) is 0 Å². The lowest BCUT2D eigenvalue weighted by Gasteiger charge is -2.58. The first kappa shape index (κ1) is 29.5. The van der Waals surface area contributed by atoms with Gasteiger partial charge in [0, 0.05) is 28.8 Å². The molecule has 0 spiro atoms. The van der Waals surface area contributed by atoms with Gasteiger partial charge in [-0.05, 0) is 130 Å². The third-order valence-corrected chi connectivity index (χ3v) is 11.3. The van der Waals surface area contributed by atoms with Crippen molar-refractivity contribution < 1.29 is 14.6 Å². The molecule has 2 atom stereocenters. The zero-order chi connectivity index (χ0) is 30.6. The van der Waals surface area contributed by atoms with Gasteiger partial charge >= 0.3 is 11.7 Å². The highest BCUT2D eigenvalue weighted by Gasteiger charge is 2.52. The van der Waals surface area contributed by atoms with Crippen molar-refractivity contribution in [3.8, 4) is 11.5 Å². The van der Waals surface area contributed by atoms with Gasteiger partial charge in [0.2, 0.25) is 0 Å². The topological polar surface area (TPSA) is 105 Å². The number of carboxylic acids is 1. The Morgan fingerprint density at radius 2 is 1.82 bits per heavy atom. The molecule has 44 heavy (non-hydrogen) atoms. The standard InChI is InChI=1S/C35H40BrN3O5/c1-21-19-39(34(43)37-32(21)40)27-5-3-9-38(20-27)30(18-35-15-22-10-23(16-35)12-24(11-22)17-35)25-7-8-29(33(41)42)31(13-25)44-28-6-2-4-26(36)14-28/h2,4,6-8,13-14,19,22-24,27,30H,3,5,9-12,15-18,20H2,1H3,(H,41,42)(H,37,40,43)/t22?,23?,24?,27-,30+,35?/m0/s1. The quantitative estimate of drug-likeness (QED) is 0.267. The SMILES string of the molecule is Cc1cn([C@H]2CCCN([C@H](CC34CC5CC(CC(C5)C3)C4)c3ccc(C(=O)O)c(Oc4cccc(Br)c4)c3)C2)c(=O)[nH]c1=O. The summed E-state index contributed by atoms with van der Waals surface area (Å²) in [7, 11) is 0. The summed E-state index contributed by atoms with van der Waals surface area (Å²) in [5, 5.41) is 10.1. The molecule has 2 aromatic carbocycles. The molecule has 1 aromatic heterocycles. The molecule has 0 unspecified atom stereocenters. The number of aryl methyl sites for hydroxylation is 1. The van der Waals surface area contributed by atoms with Crippen LogP contribution in [0.3, 0.4) is 0 Å². The monoisotopic (exact) mass is 661 g/mol. The van der Waals surface area contributed by atoms with Gasteiger partial charge in [0.15, 0.2) is 0 Å². The lowest BCUT2D eigenvalue weighted by Crippen LogP contribution is -2.49. The Kier molecular flexibility index (Phi) is 7.81. The van der Waals surface area contributed by atoms with E-state index in [1.807, 2.05) is 36.4 Å². The van der Waals surface area contributed by atoms with Crippen molar-refractivity contribution in [3.05, 3.63) is 90.7 Å². The van der Waals surface area contributed by atoms with Crippen molar-refractivity contribution in [1.29, 1.82) is 0 Å². The highest BCUT2D eigenvalue weighted by atomic mass is 79.9. The number of hydrogen-bond acceptors (Lipinski definition) is 5. The molecule has 4 bridgehead atoms. The average molecular weight is 663 g/mol. The molecule has 4 saturated carbocycles. The van der Waals surface area contributed by atoms with Crippen molar-refractivity contribution in [1.82, 2.24) is 14.5 Å². The first-order valence-electron chi connectivity index (χ1n) is 16.0. The van der Waals surface area contributed by atoms with E-state index in [0.717, 1.165) is 53.6 Å². The summed E-state index contributed by atoms with van der Waals surface area (Å²) >= 11 is 3.49. The Morgan fingerprint density at radius 1 is 1.09 bits per heavy atom. The molecule has 5 fully saturated rings. The van der Waals surface area contributed by atoms with E-state index in [-0.39, 0.29) is 34.3 Å². The molecule has 2 heterocycles. The number of hydrogen-bond donors (Lipinski definition) is 2. The van der Waals surface area contributed by atoms with Crippen molar-refractivity contribution >= 4 is 21.9 Å². The molecule has 0 radical (unpaired) electrons. The molecular formula is C35H40BrN3O5. The van der Waals surface area contributed by atoms with Crippen molar-refractivity contribution in [2.24, 2.45) is 23.2 Å². The lowest BCUT2D eigenvalue weighted by molar-refractivity contribution is -0.0726. The zero-order valence-corrected chi connectivity index (χ0v) is 26.7. The van der Waals surface area contributed by atoms with Crippen LogP contribution in [0.4, 0.5) is 0 Å². The number of nitrogens with zero attached hydrogens (tertiary/aromatic N) is 2. The fourth-order valence-electron chi connectivity index (χ4n) is 9.42. The number of aromatic carboxylic acids is 1. The van der Waals surface area contributed by atoms with Crippen LogP contribution < -0.4 is 16.0 Å². The first-order valence-corrected chi connectivity index (χ1v) is 16.8. The maximum atomic E-state index is 12.9. The van der Waals surface area contributed by atoms with Gasteiger partial charge in [-0.1, -0.05) is 28.1 Å². The second-order valence-corrected chi connectivity index (χ2v) is 14.9. The highest BCUT2D eigenvalue weighted by molar-refractivity contribution is 9.10. The number of piperidine rings is 1. The smallest absolute Gasteiger partial charge is 0.339 e. The molecule has 8 nitrogen and oxygen atoms in total. The molecule has 1 saturated heterocycles. The number of nitrogens with one attached hydrogen (secondary N) is 1. The first-order chi connectivity index (χ1) is 21.1. The van der Waals surface area contributed by atoms with Gasteiger partial charge in [0.05, 0.1) is 6.04 Å². The van der Waals surface area contributed by atoms with Crippen LogP contribution in [0.15, 0.2) is 62.7 Å². The van der Waals surface area contributed by atoms with Crippen LogP contribution >= 0.6 is 15.9 Å². The van der Waals surface area contributed by atoms with Crippen LogP contribution in [0, 0.1) is 30.1 Å². The Hall–Kier alpha value is -3.17. The number of likely N-dealkylation sites (tertiary alicyclic amines) is 1. The number of rotatable bonds is 8. The number of carboxylic acid groups (broad SMARTS) is 1. The Balaban J connectivity index is 1.26. The molecule has 2 N–H and O–H groups in total. The van der Waals surface area contributed by atoms with E-state index in [1.54, 1.807) is 23.8 Å². The second kappa shape index (κ2) is 11.6. The molecule has 1 aliphatic heterocycles. The number of aromatic amines is 1. The Bertz CT molecular complexity index is 1660. The van der Waals surface area contributed by atoms with E-state index in [0.29, 0.717) is 23.6 Å². The Labute approximate surface area is 265 Å². The normalized spacial score (nSPS) is 28.6. The van der Waals surface area contributed by atoms with Gasteiger partial charge in [-0.25, -0.2) is 9.59 Å². The minimum absolute atomic E-state index is 0.0543. The predicted octanol–water partition coefficient (Wildman–Crippen LogP) is 7.08. The average Bonchev–Trinajstić information content (AvgIpc) is 2.97. The molecular weight excluding hydrogens is 622 g/mol. The van der Waals surface area contributed by atoms with E-state index in [9.17, 15) is 19.5 Å². The van der Waals surface area contributed by atoms with E-state index in [2.05, 4.69) is 25.8 Å². The third-order valence-electron chi connectivity index (χ3n) is 10.8. The summed E-state index contributed by atoms with van der Waals surface area (Å²) in [6, 6.07) is 13.0. The van der Waals surface area contributed by atoms with Crippen molar-refractivity contribution in [3.63, 3.8) is 0 Å². The van der Waals surface area contributed by atoms with Gasteiger partial charge in [-0.2, -0.15) is 0 Å². The van der Waals surface area contributed by atoms with Crippen LogP contribution in [0.5, 0.6) is 11.5 Å². The Morgan fingerprint density at radius 3 is 2.50 bits per heavy atom. The molecule has 232 valence electrons. The van der Waals surface area contributed by atoms with Crippen LogP contribution in [0.25, 0.3) is 0 Å². The van der Waals surface area contributed by atoms with E-state index in [4.69, 9.17) is 4.74 Å². The van der Waals surface area contributed by atoms with Gasteiger partial charge in [0.1, 0.15) is 17.1 Å². The summed E-state index contributed by atoms with van der Waals surface area (Å²) in [5.41, 5.74) is 1.31. The molecule has 3 aromatic rings. The van der Waals surface area contributed by atoms with Crippen LogP contribution in [-0.4, -0.2) is 38.6 Å². The van der Waals surface area contributed by atoms with E-state index < -0.39 is 5.97 Å². The van der Waals surface area contributed by atoms with Gasteiger partial charge in [-0.3, -0.25) is 19.2 Å². The molecule has 9 heteroatoms. The molecule has 4 aliphatic carbocycles. The number of ether oxygens (including phenoxy) is 1. The number of carbonyl (C=O) groups is 1. The summed E-state index contributed by atoms with van der Waals surface area (Å²) in [6.45, 7) is 3.32. The van der Waals surface area contributed by atoms with Gasteiger partial charge in [0.25, 0.3) is 5.56 Å². The van der Waals surface area contributed by atoms with E-state index in [1.165, 1.54) is 38.5 Å². The maximum absolute atomic E-state index is 12.9. The summed E-state index contributed by atoms with van der Waals surface area (Å²) in [6.07, 6.45) is 12.5. The number of H-pyrrole nitrogens is 1. The fourth-order valence-corrected chi connectivity index (χ4v) is 9.80. The van der Waals surface area contributed by atoms with E-state index >= 15 is 0 Å². The second-order valence-electron chi connectivity index (χ2n) is 14.0. The fraction of sp³-hybridized carbons (Fsp3) is 0.514. The predicted molar refractivity (Wildman–Crippen MR) is 171 cm³/mol. The summed E-state index contributed by atoms with van der Waals surface area (Å²) in [5.74, 6) is 2.35. The lowest BCUT2D eigenvalue weighted by atomic mass is 9.48. The molecule has 5 aliphatic rings. The van der Waals surface area contributed by atoms with Crippen molar-refractivity contribution in [2.75, 3.05) is 13.1 Å². The zero-order valence-electron chi connectivity index (χ0n) is 25.1. The number of halogens is 1. The minimum Gasteiger partial charge on any atom is -0.478 e. The maximum Gasteiger partial charge on any atom is 0.339 e. The highest BCUT2D eigenvalue weighted by Crippen LogP contribution is 2.63. The summed E-state index contributed by atoms with van der Waals surface area (Å²) in [4.78, 5) is 42.3. The third kappa shape index (κ3) is 5.81. The van der Waals surface area contributed by atoms with Crippen LogP contribution in [0.1, 0.15) is 91.4 Å². The van der Waals surface area contributed by atoms with Gasteiger partial charge < -0.3 is 9.84 Å². The van der Waals surface area contributed by atoms with Gasteiger partial charge in [-0.15, -0.1) is 0 Å². The number of benzene rings is 2. The molecule has 0 amide bonds. The largest absolute Gasteiger partial charge is 0.478 e. The minimum atomic E-state index is -1.02.